The van der Waals surface area contributed by atoms with E-state index in [9.17, 15) is 9.59 Å². The van der Waals surface area contributed by atoms with Crippen molar-refractivity contribution < 1.29 is 18.7 Å². The fourth-order valence-electron chi connectivity index (χ4n) is 6.82. The molecule has 2 aliphatic rings. The number of aryl methyl sites for hydroxylation is 1. The zero-order valence-corrected chi connectivity index (χ0v) is 23.3. The minimum Gasteiger partial charge on any atom is -0.496 e. The minimum atomic E-state index is -0.661. The van der Waals surface area contributed by atoms with Crippen LogP contribution in [0.15, 0.2) is 34.9 Å². The van der Waals surface area contributed by atoms with Crippen LogP contribution in [0.4, 0.5) is 0 Å². The van der Waals surface area contributed by atoms with Gasteiger partial charge in [0.2, 0.25) is 5.91 Å². The molecule has 2 aromatic heterocycles. The summed E-state index contributed by atoms with van der Waals surface area (Å²) in [5, 5.41) is 4.41. The van der Waals surface area contributed by atoms with Crippen molar-refractivity contribution in [1.29, 1.82) is 0 Å². The van der Waals surface area contributed by atoms with E-state index in [-0.39, 0.29) is 17.2 Å². The molecular formula is C31H40N4O4. The van der Waals surface area contributed by atoms with Gasteiger partial charge in [0.15, 0.2) is 11.7 Å². The second-order valence-corrected chi connectivity index (χ2v) is 11.3. The highest BCUT2D eigenvalue weighted by Crippen LogP contribution is 2.74. The smallest absolute Gasteiger partial charge is 0.225 e. The van der Waals surface area contributed by atoms with E-state index in [1.807, 2.05) is 38.1 Å². The molecule has 0 bridgehead atoms. The summed E-state index contributed by atoms with van der Waals surface area (Å²) in [7, 11) is 1.64. The summed E-state index contributed by atoms with van der Waals surface area (Å²) in [6, 6.07) is 7.96. The lowest BCUT2D eigenvalue weighted by Crippen LogP contribution is -2.40. The third-order valence-electron chi connectivity index (χ3n) is 9.11. The Bertz CT molecular complexity index is 1360. The first-order chi connectivity index (χ1) is 18.8. The Morgan fingerprint density at radius 2 is 1.97 bits per heavy atom. The lowest BCUT2D eigenvalue weighted by atomic mass is 9.74. The van der Waals surface area contributed by atoms with Crippen LogP contribution in [0.25, 0.3) is 22.2 Å². The van der Waals surface area contributed by atoms with Crippen molar-refractivity contribution in [2.75, 3.05) is 20.2 Å². The van der Waals surface area contributed by atoms with E-state index in [1.54, 1.807) is 13.3 Å². The molecule has 3 N–H and O–H groups in total. The SMILES string of the molecule is CCC(=O)CCCCC[C@H](c1ncc(-c2cc3ccc(C)nc3cc2OC)o1)C1(C(N)=O)CC12CCNCC2. The highest BCUT2D eigenvalue weighted by Gasteiger charge is 2.74. The molecule has 3 heterocycles. The molecule has 8 heteroatoms. The Balaban J connectivity index is 1.47. The Morgan fingerprint density at radius 3 is 2.69 bits per heavy atom. The van der Waals surface area contributed by atoms with Crippen LogP contribution >= 0.6 is 0 Å². The summed E-state index contributed by atoms with van der Waals surface area (Å²) in [5.41, 5.74) is 8.03. The van der Waals surface area contributed by atoms with Crippen LogP contribution in [0.1, 0.15) is 82.2 Å². The van der Waals surface area contributed by atoms with Crippen LogP contribution in [0.3, 0.4) is 0 Å². The van der Waals surface area contributed by atoms with Crippen molar-refractivity contribution in [3.63, 3.8) is 0 Å². The zero-order chi connectivity index (χ0) is 27.6. The molecule has 8 nitrogen and oxygen atoms in total. The van der Waals surface area contributed by atoms with Crippen molar-refractivity contribution in [2.24, 2.45) is 16.6 Å². The number of ether oxygens (including phenoxy) is 1. The monoisotopic (exact) mass is 532 g/mol. The van der Waals surface area contributed by atoms with Gasteiger partial charge in [0.25, 0.3) is 0 Å². The number of methoxy groups -OCH3 is 1. The molecule has 1 saturated heterocycles. The maximum atomic E-state index is 13.2. The Morgan fingerprint density at radius 1 is 1.18 bits per heavy atom. The molecule has 1 unspecified atom stereocenters. The average Bonchev–Trinajstić information content (AvgIpc) is 3.31. The summed E-state index contributed by atoms with van der Waals surface area (Å²) < 4.78 is 12.2. The average molecular weight is 533 g/mol. The van der Waals surface area contributed by atoms with Gasteiger partial charge in [-0.15, -0.1) is 0 Å². The number of carbonyl (C=O) groups is 2. The van der Waals surface area contributed by atoms with Crippen LogP contribution in [-0.2, 0) is 9.59 Å². The van der Waals surface area contributed by atoms with Crippen molar-refractivity contribution in [2.45, 2.75) is 77.6 Å². The van der Waals surface area contributed by atoms with Gasteiger partial charge in [-0.1, -0.05) is 25.8 Å². The van der Waals surface area contributed by atoms with E-state index in [2.05, 4.69) is 10.3 Å². The van der Waals surface area contributed by atoms with E-state index in [0.29, 0.717) is 36.0 Å². The zero-order valence-electron chi connectivity index (χ0n) is 23.3. The molecule has 2 fully saturated rings. The van der Waals surface area contributed by atoms with Crippen LogP contribution in [0.5, 0.6) is 5.75 Å². The van der Waals surface area contributed by atoms with E-state index in [0.717, 1.165) is 80.2 Å². The number of Topliss-reactive ketones (excluding diaryl/α,β-unsaturated/α-hetero) is 1. The van der Waals surface area contributed by atoms with Gasteiger partial charge in [0.1, 0.15) is 11.5 Å². The molecule has 0 radical (unpaired) electrons. The Hall–Kier alpha value is -3.26. The number of piperidine rings is 1. The van der Waals surface area contributed by atoms with E-state index >= 15 is 0 Å². The number of amides is 1. The number of nitrogens with zero attached hydrogens (tertiary/aromatic N) is 2. The largest absolute Gasteiger partial charge is 0.496 e. The maximum Gasteiger partial charge on any atom is 0.225 e. The summed E-state index contributed by atoms with van der Waals surface area (Å²) >= 11 is 0. The van der Waals surface area contributed by atoms with Gasteiger partial charge in [-0.25, -0.2) is 4.98 Å². The molecule has 1 aliphatic carbocycles. The lowest BCUT2D eigenvalue weighted by molar-refractivity contribution is -0.126. The summed E-state index contributed by atoms with van der Waals surface area (Å²) in [4.78, 5) is 34.3. The summed E-state index contributed by atoms with van der Waals surface area (Å²) in [6.45, 7) is 5.65. The molecule has 1 aromatic carbocycles. The van der Waals surface area contributed by atoms with E-state index < -0.39 is 5.41 Å². The van der Waals surface area contributed by atoms with Gasteiger partial charge < -0.3 is 20.2 Å². The quantitative estimate of drug-likeness (QED) is 0.297. The molecule has 2 atom stereocenters. The number of nitrogens with two attached hydrogens (primary N) is 1. The van der Waals surface area contributed by atoms with Crippen LogP contribution < -0.4 is 15.8 Å². The predicted octanol–water partition coefficient (Wildman–Crippen LogP) is 5.47. The standard InChI is InChI=1S/C31H40N4O4/c1-4-22(36)8-6-5-7-9-24(31(29(32)37)19-30(31)12-14-33-15-13-30)28-34-18-27(39-28)23-16-21-11-10-20(2)35-25(21)17-26(23)38-3/h10-11,16-18,24,33H,4-9,12-15,19H2,1-3H3,(H2,32,37)/t24-,31?/m1/s1. The summed E-state index contributed by atoms with van der Waals surface area (Å²) in [6.07, 6.45) is 8.96. The topological polar surface area (TPSA) is 120 Å². The molecule has 1 spiro atoms. The number of oxazole rings is 1. The number of ketones is 1. The van der Waals surface area contributed by atoms with Crippen molar-refractivity contribution >= 4 is 22.6 Å². The van der Waals surface area contributed by atoms with Crippen LogP contribution in [0.2, 0.25) is 0 Å². The second kappa shape index (κ2) is 11.1. The number of nitrogens with one attached hydrogen (secondary N) is 1. The molecule has 1 saturated carbocycles. The molecule has 5 rings (SSSR count). The van der Waals surface area contributed by atoms with Crippen LogP contribution in [0, 0.1) is 17.8 Å². The van der Waals surface area contributed by atoms with Crippen LogP contribution in [-0.4, -0.2) is 41.9 Å². The molecule has 3 aromatic rings. The third-order valence-corrected chi connectivity index (χ3v) is 9.11. The molecule has 1 aliphatic heterocycles. The highest BCUT2D eigenvalue weighted by molar-refractivity contribution is 5.88. The maximum absolute atomic E-state index is 13.2. The first-order valence-electron chi connectivity index (χ1n) is 14.3. The summed E-state index contributed by atoms with van der Waals surface area (Å²) in [5.74, 6) is 1.66. The van der Waals surface area contributed by atoms with Gasteiger partial charge in [-0.3, -0.25) is 14.6 Å². The number of fused-ring (bicyclic) bond motifs is 1. The normalized spacial score (nSPS) is 20.7. The van der Waals surface area contributed by atoms with E-state index in [1.165, 1.54) is 0 Å². The fourth-order valence-corrected chi connectivity index (χ4v) is 6.82. The number of aromatic nitrogens is 2. The number of pyridine rings is 1. The fraction of sp³-hybridized carbons (Fsp3) is 0.548. The second-order valence-electron chi connectivity index (χ2n) is 11.3. The van der Waals surface area contributed by atoms with Gasteiger partial charge in [-0.05, 0) is 69.7 Å². The van der Waals surface area contributed by atoms with Gasteiger partial charge in [0.05, 0.1) is 35.7 Å². The highest BCUT2D eigenvalue weighted by atomic mass is 16.5. The number of primary amides is 1. The predicted molar refractivity (Wildman–Crippen MR) is 150 cm³/mol. The third kappa shape index (κ3) is 5.07. The molecule has 208 valence electrons. The number of benzene rings is 1. The van der Waals surface area contributed by atoms with Crippen molar-refractivity contribution in [1.82, 2.24) is 15.3 Å². The van der Waals surface area contributed by atoms with Crippen molar-refractivity contribution in [3.05, 3.63) is 42.0 Å². The molecule has 1 amide bonds. The van der Waals surface area contributed by atoms with E-state index in [4.69, 9.17) is 19.9 Å². The van der Waals surface area contributed by atoms with Gasteiger partial charge in [0, 0.05) is 30.0 Å². The number of hydrogen-bond donors (Lipinski definition) is 2. The Kier molecular flexibility index (Phi) is 7.76. The number of hydrogen-bond acceptors (Lipinski definition) is 7. The number of rotatable bonds is 12. The van der Waals surface area contributed by atoms with Gasteiger partial charge in [-0.2, -0.15) is 0 Å². The first-order valence-corrected chi connectivity index (χ1v) is 14.3. The molecular weight excluding hydrogens is 492 g/mol. The van der Waals surface area contributed by atoms with Gasteiger partial charge >= 0.3 is 0 Å². The molecule has 39 heavy (non-hydrogen) atoms. The lowest BCUT2D eigenvalue weighted by Gasteiger charge is -2.32. The number of carbonyl (C=O) groups excluding carboxylic acids is 2. The Labute approximate surface area is 230 Å². The minimum absolute atomic E-state index is 0.105. The number of unbranched alkanes of at least 4 members (excludes halogenated alkanes) is 2. The first kappa shape index (κ1) is 27.3. The van der Waals surface area contributed by atoms with Crippen molar-refractivity contribution in [3.8, 4) is 17.1 Å².